The van der Waals surface area contributed by atoms with E-state index >= 15 is 0 Å². The Morgan fingerprint density at radius 2 is 1.86 bits per heavy atom. The molecule has 1 fully saturated rings. The fourth-order valence-corrected chi connectivity index (χ4v) is 2.60. The van der Waals surface area contributed by atoms with Crippen LogP contribution in [-0.2, 0) is 0 Å². The van der Waals surface area contributed by atoms with Crippen molar-refractivity contribution in [3.63, 3.8) is 0 Å². The van der Waals surface area contributed by atoms with E-state index in [1.54, 1.807) is 0 Å². The first kappa shape index (κ1) is 12.1. The van der Waals surface area contributed by atoms with Crippen LogP contribution in [-0.4, -0.2) is 7.85 Å². The van der Waals surface area contributed by atoms with Crippen molar-refractivity contribution in [2.24, 2.45) is 17.3 Å². The summed E-state index contributed by atoms with van der Waals surface area (Å²) in [5, 5.41) is 0.107. The van der Waals surface area contributed by atoms with Gasteiger partial charge in [0.2, 0.25) is 0 Å². The van der Waals surface area contributed by atoms with Crippen molar-refractivity contribution >= 4 is 7.85 Å². The van der Waals surface area contributed by atoms with Crippen molar-refractivity contribution in [2.75, 3.05) is 0 Å². The predicted octanol–water partition coefficient (Wildman–Crippen LogP) is 4.21. The zero-order valence-electron chi connectivity index (χ0n) is 10.6. The molecule has 0 nitrogen and oxygen atoms in total. The Morgan fingerprint density at radius 1 is 1.29 bits per heavy atom. The largest absolute Gasteiger partial charge is 0.0749 e. The highest BCUT2D eigenvalue weighted by atomic mass is 14.4. The van der Waals surface area contributed by atoms with E-state index in [2.05, 4.69) is 34.6 Å². The first-order valence-corrected chi connectivity index (χ1v) is 6.04. The van der Waals surface area contributed by atoms with Crippen LogP contribution in [0.1, 0.15) is 60.3 Å². The minimum Gasteiger partial charge on any atom is -0.0635 e. The quantitative estimate of drug-likeness (QED) is 0.546. The molecular formula is C13H25B. The maximum absolute atomic E-state index is 6.49. The Bertz CT molecular complexity index is 190. The molecule has 2 atom stereocenters. The SMILES string of the molecule is [B]C1(C(C)C)CCCC(C(C)(C)C)C1. The van der Waals surface area contributed by atoms with Gasteiger partial charge in [-0.05, 0) is 23.7 Å². The summed E-state index contributed by atoms with van der Waals surface area (Å²) in [5.41, 5.74) is 0.430. The molecule has 0 bridgehead atoms. The summed E-state index contributed by atoms with van der Waals surface area (Å²) in [6, 6.07) is 0. The van der Waals surface area contributed by atoms with E-state index in [-0.39, 0.29) is 5.31 Å². The predicted molar refractivity (Wildman–Crippen MR) is 64.7 cm³/mol. The first-order chi connectivity index (χ1) is 6.26. The number of hydrogen-bond donors (Lipinski definition) is 0. The average molecular weight is 192 g/mol. The second-order valence-corrected chi connectivity index (χ2v) is 6.55. The van der Waals surface area contributed by atoms with Gasteiger partial charge < -0.3 is 0 Å². The average Bonchev–Trinajstić information content (AvgIpc) is 2.02. The van der Waals surface area contributed by atoms with E-state index in [1.807, 2.05) is 0 Å². The van der Waals surface area contributed by atoms with Gasteiger partial charge in [-0.2, -0.15) is 0 Å². The molecule has 0 heterocycles. The summed E-state index contributed by atoms with van der Waals surface area (Å²) in [6.07, 6.45) is 5.12. The van der Waals surface area contributed by atoms with Crippen molar-refractivity contribution < 1.29 is 0 Å². The molecule has 0 aromatic carbocycles. The van der Waals surface area contributed by atoms with Crippen LogP contribution in [0.5, 0.6) is 0 Å². The molecule has 2 unspecified atom stereocenters. The summed E-state index contributed by atoms with van der Waals surface area (Å²) in [6.45, 7) is 11.6. The van der Waals surface area contributed by atoms with Gasteiger partial charge in [0, 0.05) is 0 Å². The molecule has 0 aliphatic heterocycles. The summed E-state index contributed by atoms with van der Waals surface area (Å²) >= 11 is 0. The first-order valence-electron chi connectivity index (χ1n) is 6.04. The van der Waals surface area contributed by atoms with Crippen LogP contribution < -0.4 is 0 Å². The van der Waals surface area contributed by atoms with Crippen LogP contribution in [0, 0.1) is 17.3 Å². The molecule has 1 aliphatic rings. The molecule has 0 aromatic rings. The summed E-state index contributed by atoms with van der Waals surface area (Å²) in [4.78, 5) is 0. The molecule has 2 radical (unpaired) electrons. The fourth-order valence-electron chi connectivity index (χ4n) is 2.60. The van der Waals surface area contributed by atoms with Gasteiger partial charge in [0.25, 0.3) is 0 Å². The molecule has 1 aliphatic carbocycles. The third-order valence-corrected chi connectivity index (χ3v) is 4.20. The minimum atomic E-state index is 0.107. The molecule has 0 saturated heterocycles. The normalized spacial score (nSPS) is 34.9. The van der Waals surface area contributed by atoms with Crippen LogP contribution in [0.2, 0.25) is 5.31 Å². The van der Waals surface area contributed by atoms with E-state index < -0.39 is 0 Å². The van der Waals surface area contributed by atoms with E-state index in [0.717, 1.165) is 5.92 Å². The number of hydrogen-bond acceptors (Lipinski definition) is 0. The van der Waals surface area contributed by atoms with Crippen molar-refractivity contribution in [2.45, 2.75) is 65.6 Å². The fraction of sp³-hybridized carbons (Fsp3) is 1.00. The van der Waals surface area contributed by atoms with Gasteiger partial charge in [-0.25, -0.2) is 0 Å². The molecule has 80 valence electrons. The second kappa shape index (κ2) is 3.91. The molecule has 0 aromatic heterocycles. The molecular weight excluding hydrogens is 167 g/mol. The van der Waals surface area contributed by atoms with Crippen molar-refractivity contribution in [3.8, 4) is 0 Å². The standard InChI is InChI=1S/C13H25B/c1-10(2)13(14)8-6-7-11(9-13)12(3,4)5/h10-11H,6-9H2,1-5H3. The molecule has 1 rings (SSSR count). The van der Waals surface area contributed by atoms with Gasteiger partial charge in [0.05, 0.1) is 7.85 Å². The molecule has 0 amide bonds. The number of rotatable bonds is 1. The second-order valence-electron chi connectivity index (χ2n) is 6.55. The van der Waals surface area contributed by atoms with Gasteiger partial charge >= 0.3 is 0 Å². The van der Waals surface area contributed by atoms with Gasteiger partial charge in [-0.15, -0.1) is 0 Å². The highest BCUT2D eigenvalue weighted by Gasteiger charge is 2.38. The van der Waals surface area contributed by atoms with E-state index in [4.69, 9.17) is 7.85 Å². The van der Waals surface area contributed by atoms with Crippen LogP contribution in [0.25, 0.3) is 0 Å². The lowest BCUT2D eigenvalue weighted by molar-refractivity contribution is 0.130. The lowest BCUT2D eigenvalue weighted by Crippen LogP contribution is -2.33. The maximum atomic E-state index is 6.49. The Labute approximate surface area is 91.3 Å². The lowest BCUT2D eigenvalue weighted by Gasteiger charge is -2.46. The third kappa shape index (κ3) is 2.55. The summed E-state index contributed by atoms with van der Waals surface area (Å²) in [5.74, 6) is 1.43. The van der Waals surface area contributed by atoms with Crippen molar-refractivity contribution in [3.05, 3.63) is 0 Å². The van der Waals surface area contributed by atoms with E-state index in [9.17, 15) is 0 Å². The monoisotopic (exact) mass is 192 g/mol. The Kier molecular flexibility index (Phi) is 3.39. The summed E-state index contributed by atoms with van der Waals surface area (Å²) < 4.78 is 0. The topological polar surface area (TPSA) is 0 Å². The zero-order valence-corrected chi connectivity index (χ0v) is 10.6. The molecule has 1 saturated carbocycles. The van der Waals surface area contributed by atoms with Crippen molar-refractivity contribution in [1.29, 1.82) is 0 Å². The van der Waals surface area contributed by atoms with E-state index in [1.165, 1.54) is 25.7 Å². The zero-order chi connectivity index (χ0) is 11.0. The summed E-state index contributed by atoms with van der Waals surface area (Å²) in [7, 11) is 6.49. The van der Waals surface area contributed by atoms with Crippen LogP contribution in [0.3, 0.4) is 0 Å². The van der Waals surface area contributed by atoms with Gasteiger partial charge in [-0.3, -0.25) is 0 Å². The lowest BCUT2D eigenvalue weighted by atomic mass is 9.50. The highest BCUT2D eigenvalue weighted by molar-refractivity contribution is 6.15. The highest BCUT2D eigenvalue weighted by Crippen LogP contribution is 2.52. The van der Waals surface area contributed by atoms with Crippen LogP contribution in [0.4, 0.5) is 0 Å². The Balaban J connectivity index is 2.69. The van der Waals surface area contributed by atoms with Gasteiger partial charge in [0.1, 0.15) is 0 Å². The molecule has 14 heavy (non-hydrogen) atoms. The smallest absolute Gasteiger partial charge is 0.0635 e. The minimum absolute atomic E-state index is 0.107. The third-order valence-electron chi connectivity index (χ3n) is 4.20. The van der Waals surface area contributed by atoms with Crippen molar-refractivity contribution in [1.82, 2.24) is 0 Å². The Hall–Kier alpha value is 0.0649. The van der Waals surface area contributed by atoms with E-state index in [0.29, 0.717) is 11.3 Å². The van der Waals surface area contributed by atoms with Gasteiger partial charge in [0.15, 0.2) is 0 Å². The molecule has 1 heteroatoms. The van der Waals surface area contributed by atoms with Crippen LogP contribution in [0.15, 0.2) is 0 Å². The molecule has 0 spiro atoms. The molecule has 0 N–H and O–H groups in total. The maximum Gasteiger partial charge on any atom is 0.0749 e. The Morgan fingerprint density at radius 3 is 2.29 bits per heavy atom. The van der Waals surface area contributed by atoms with Crippen LogP contribution >= 0.6 is 0 Å². The van der Waals surface area contributed by atoms with Gasteiger partial charge in [-0.1, -0.05) is 59.2 Å².